The second kappa shape index (κ2) is 6.62. The molecule has 0 bridgehead atoms. The Morgan fingerprint density at radius 2 is 1.66 bits per heavy atom. The summed E-state index contributed by atoms with van der Waals surface area (Å²) < 4.78 is 71.1. The van der Waals surface area contributed by atoms with Gasteiger partial charge in [0.25, 0.3) is 0 Å². The van der Waals surface area contributed by atoms with E-state index in [1.165, 1.54) is 10.6 Å². The Morgan fingerprint density at radius 1 is 1.00 bits per heavy atom. The highest BCUT2D eigenvalue weighted by Crippen LogP contribution is 2.42. The Kier molecular flexibility index (Phi) is 4.45. The molecular weight excluding hydrogens is 415 g/mol. The molecule has 0 saturated carbocycles. The van der Waals surface area contributed by atoms with Crippen molar-refractivity contribution in [2.75, 3.05) is 0 Å². The van der Waals surface area contributed by atoms with Crippen LogP contribution in [0.5, 0.6) is 0 Å². The summed E-state index contributed by atoms with van der Waals surface area (Å²) >= 11 is 6.17. The smallest absolute Gasteiger partial charge is 0.281 e. The lowest BCUT2D eigenvalue weighted by Gasteiger charge is -2.18. The maximum atomic E-state index is 14.6. The highest BCUT2D eigenvalue weighted by atomic mass is 35.5. The molecule has 0 radical (unpaired) electrons. The van der Waals surface area contributed by atoms with Crippen LogP contribution in [-0.2, 0) is 6.18 Å². The molecule has 3 aromatic rings. The van der Waals surface area contributed by atoms with Crippen molar-refractivity contribution in [3.63, 3.8) is 0 Å². The fourth-order valence-corrected chi connectivity index (χ4v) is 3.73. The van der Waals surface area contributed by atoms with Crippen molar-refractivity contribution in [2.45, 2.75) is 26.1 Å². The molecule has 4 nitrogen and oxygen atoms in total. The second-order valence-corrected chi connectivity index (χ2v) is 6.89. The molecule has 1 aliphatic heterocycles. The van der Waals surface area contributed by atoms with Crippen LogP contribution in [0.4, 0.5) is 22.0 Å². The van der Waals surface area contributed by atoms with E-state index in [1.54, 1.807) is 13.8 Å². The van der Waals surface area contributed by atoms with E-state index in [-0.39, 0.29) is 17.0 Å². The van der Waals surface area contributed by atoms with Crippen LogP contribution in [0.1, 0.15) is 41.3 Å². The van der Waals surface area contributed by atoms with Gasteiger partial charge in [0, 0.05) is 5.56 Å². The first-order chi connectivity index (χ1) is 13.6. The van der Waals surface area contributed by atoms with Gasteiger partial charge >= 0.3 is 6.18 Å². The molecule has 1 aromatic heterocycles. The molecular formula is C19H12ClF5N4. The van der Waals surface area contributed by atoms with E-state index >= 15 is 0 Å². The zero-order chi connectivity index (χ0) is 21.1. The lowest BCUT2D eigenvalue weighted by atomic mass is 9.97. The summed E-state index contributed by atoms with van der Waals surface area (Å²) in [6.45, 7) is 3.20. The molecule has 0 spiro atoms. The third-order valence-corrected chi connectivity index (χ3v) is 5.04. The number of aliphatic imine (C=N–C) groups is 1. The van der Waals surface area contributed by atoms with E-state index in [2.05, 4.69) is 15.2 Å². The number of aryl methyl sites for hydroxylation is 1. The van der Waals surface area contributed by atoms with Crippen molar-refractivity contribution >= 4 is 17.3 Å². The lowest BCUT2D eigenvalue weighted by Crippen LogP contribution is -2.16. The van der Waals surface area contributed by atoms with Crippen LogP contribution >= 0.6 is 11.6 Å². The average molecular weight is 427 g/mol. The third-order valence-electron chi connectivity index (χ3n) is 4.65. The van der Waals surface area contributed by atoms with Gasteiger partial charge in [-0.1, -0.05) is 17.7 Å². The fourth-order valence-electron chi connectivity index (χ4n) is 3.37. The van der Waals surface area contributed by atoms with Gasteiger partial charge in [0.15, 0.2) is 5.82 Å². The van der Waals surface area contributed by atoms with Crippen LogP contribution in [0.15, 0.2) is 35.3 Å². The van der Waals surface area contributed by atoms with Crippen LogP contribution in [0.25, 0.3) is 5.69 Å². The van der Waals surface area contributed by atoms with Gasteiger partial charge in [-0.05, 0) is 38.1 Å². The molecule has 0 saturated heterocycles. The van der Waals surface area contributed by atoms with Crippen LogP contribution in [0, 0.1) is 18.6 Å². The first kappa shape index (κ1) is 19.5. The fraction of sp³-hybridized carbons (Fsp3) is 0.211. The number of hydrogen-bond donors (Lipinski definition) is 0. The summed E-state index contributed by atoms with van der Waals surface area (Å²) in [5.41, 5.74) is -2.09. The van der Waals surface area contributed by atoms with Crippen LogP contribution in [0.2, 0.25) is 5.02 Å². The largest absolute Gasteiger partial charge is 0.417 e. The third kappa shape index (κ3) is 3.00. The Balaban J connectivity index is 2.16. The molecule has 0 amide bonds. The van der Waals surface area contributed by atoms with Gasteiger partial charge in [0.05, 0.1) is 27.5 Å². The molecule has 4 rings (SSSR count). The second-order valence-electron chi connectivity index (χ2n) is 6.51. The lowest BCUT2D eigenvalue weighted by molar-refractivity contribution is -0.137. The number of fused-ring (bicyclic) bond motifs is 3. The molecule has 2 aromatic carbocycles. The summed E-state index contributed by atoms with van der Waals surface area (Å²) in [6.07, 6.45) is -4.77. The number of rotatable bonds is 1. The van der Waals surface area contributed by atoms with Gasteiger partial charge in [-0.2, -0.15) is 13.2 Å². The summed E-state index contributed by atoms with van der Waals surface area (Å²) in [5, 5.41) is 7.27. The average Bonchev–Trinajstić information content (AvgIpc) is 2.95. The molecule has 1 aliphatic rings. The minimum atomic E-state index is -4.77. The number of alkyl halides is 3. The van der Waals surface area contributed by atoms with E-state index < -0.39 is 40.0 Å². The number of hydrogen-bond acceptors (Lipinski definition) is 3. The van der Waals surface area contributed by atoms with E-state index in [0.29, 0.717) is 11.6 Å². The maximum Gasteiger partial charge on any atom is 0.417 e. The van der Waals surface area contributed by atoms with Crippen molar-refractivity contribution < 1.29 is 22.0 Å². The van der Waals surface area contributed by atoms with Crippen molar-refractivity contribution in [3.05, 3.63) is 75.3 Å². The predicted molar refractivity (Wildman–Crippen MR) is 96.5 cm³/mol. The van der Waals surface area contributed by atoms with Crippen LogP contribution in [0.3, 0.4) is 0 Å². The highest BCUT2D eigenvalue weighted by molar-refractivity contribution is 6.37. The molecule has 0 N–H and O–H groups in total. The summed E-state index contributed by atoms with van der Waals surface area (Å²) in [6, 6.07) is 4.41. The Hall–Kier alpha value is -2.81. The minimum absolute atomic E-state index is 0.159. The molecule has 0 aliphatic carbocycles. The Labute approximate surface area is 166 Å². The molecule has 10 heteroatoms. The van der Waals surface area contributed by atoms with Gasteiger partial charge in [0.1, 0.15) is 23.5 Å². The SMILES string of the molecule is Cc1nnc2n1-c1ccc(C(F)(F)F)c(Cl)c1C(c1c(F)cccc1F)=N[C@H]2C. The van der Waals surface area contributed by atoms with Crippen LogP contribution < -0.4 is 0 Å². The monoisotopic (exact) mass is 426 g/mol. The van der Waals surface area contributed by atoms with Gasteiger partial charge in [-0.25, -0.2) is 8.78 Å². The van der Waals surface area contributed by atoms with E-state index in [0.717, 1.165) is 24.3 Å². The first-order valence-electron chi connectivity index (χ1n) is 8.45. The Bertz CT molecular complexity index is 1150. The van der Waals surface area contributed by atoms with Crippen molar-refractivity contribution in [3.8, 4) is 5.69 Å². The molecule has 1 atom stereocenters. The van der Waals surface area contributed by atoms with Crippen molar-refractivity contribution in [1.29, 1.82) is 0 Å². The van der Waals surface area contributed by atoms with E-state index in [4.69, 9.17) is 11.6 Å². The number of aromatic nitrogens is 3. The van der Waals surface area contributed by atoms with Crippen LogP contribution in [-0.4, -0.2) is 20.5 Å². The molecule has 150 valence electrons. The number of benzene rings is 2. The summed E-state index contributed by atoms with van der Waals surface area (Å²) in [7, 11) is 0. The van der Waals surface area contributed by atoms with Crippen molar-refractivity contribution in [2.24, 2.45) is 4.99 Å². The zero-order valence-corrected chi connectivity index (χ0v) is 15.8. The van der Waals surface area contributed by atoms with Gasteiger partial charge in [-0.15, -0.1) is 10.2 Å². The molecule has 0 fully saturated rings. The van der Waals surface area contributed by atoms with E-state index in [1.807, 2.05) is 0 Å². The minimum Gasteiger partial charge on any atom is -0.281 e. The summed E-state index contributed by atoms with van der Waals surface area (Å²) in [4.78, 5) is 4.31. The Morgan fingerprint density at radius 3 is 2.28 bits per heavy atom. The highest BCUT2D eigenvalue weighted by Gasteiger charge is 2.38. The predicted octanol–water partition coefficient (Wildman–Crippen LogP) is 5.44. The molecule has 0 unspecified atom stereocenters. The van der Waals surface area contributed by atoms with Gasteiger partial charge in [-0.3, -0.25) is 9.56 Å². The quantitative estimate of drug-likeness (QED) is 0.486. The van der Waals surface area contributed by atoms with Gasteiger partial charge in [0.2, 0.25) is 0 Å². The number of nitrogens with zero attached hydrogens (tertiary/aromatic N) is 4. The van der Waals surface area contributed by atoms with E-state index in [9.17, 15) is 22.0 Å². The molecule has 2 heterocycles. The normalized spacial score (nSPS) is 16.1. The number of halogens is 6. The maximum absolute atomic E-state index is 14.6. The zero-order valence-electron chi connectivity index (χ0n) is 15.0. The standard InChI is InChI=1S/C19H12ClF5N4/c1-8-18-28-27-9(2)29(18)13-7-6-10(19(23,24)25)16(20)15(13)17(26-8)14-11(21)4-3-5-12(14)22/h3-8H,1-2H3/t8-/m0/s1. The summed E-state index contributed by atoms with van der Waals surface area (Å²) in [5.74, 6) is -1.25. The molecule has 29 heavy (non-hydrogen) atoms. The topological polar surface area (TPSA) is 43.1 Å². The van der Waals surface area contributed by atoms with Crippen molar-refractivity contribution in [1.82, 2.24) is 14.8 Å². The first-order valence-corrected chi connectivity index (χ1v) is 8.83. The van der Waals surface area contributed by atoms with Gasteiger partial charge < -0.3 is 0 Å².